The quantitative estimate of drug-likeness (QED) is 0.196. The maximum atomic E-state index is 13.8. The molecule has 11 nitrogen and oxygen atoms in total. The number of benzene rings is 1. The van der Waals surface area contributed by atoms with Crippen molar-refractivity contribution in [2.75, 3.05) is 12.8 Å². The van der Waals surface area contributed by atoms with Gasteiger partial charge >= 0.3 is 13.6 Å². The lowest BCUT2D eigenvalue weighted by atomic mass is 10.1. The number of carbonyl (C=O) groups excluding carboxylic acids is 1. The number of aliphatic hydroxyl groups excluding tert-OH is 1. The molecule has 2 unspecified atom stereocenters. The van der Waals surface area contributed by atoms with Crippen molar-refractivity contribution in [1.29, 1.82) is 0 Å². The van der Waals surface area contributed by atoms with Crippen LogP contribution in [0, 0.1) is 24.2 Å². The summed E-state index contributed by atoms with van der Waals surface area (Å²) in [4.78, 5) is 30.2. The lowest BCUT2D eigenvalue weighted by Crippen LogP contribution is -2.32. The molecule has 1 aromatic heterocycles. The first-order valence-corrected chi connectivity index (χ1v) is 13.8. The van der Waals surface area contributed by atoms with Crippen molar-refractivity contribution in [3.63, 3.8) is 0 Å². The fourth-order valence-electron chi connectivity index (χ4n) is 3.72. The minimum atomic E-state index is -3.96. The van der Waals surface area contributed by atoms with Gasteiger partial charge in [-0.05, 0) is 45.1 Å². The molecule has 0 spiro atoms. The van der Waals surface area contributed by atoms with Crippen LogP contribution in [0.2, 0.25) is 0 Å². The van der Waals surface area contributed by atoms with E-state index in [-0.39, 0.29) is 28.3 Å². The van der Waals surface area contributed by atoms with Crippen molar-refractivity contribution in [2.24, 2.45) is 5.92 Å². The zero-order chi connectivity index (χ0) is 27.3. The van der Waals surface area contributed by atoms with Crippen LogP contribution in [0.15, 0.2) is 41.3 Å². The van der Waals surface area contributed by atoms with Gasteiger partial charge in [-0.2, -0.15) is 0 Å². The number of hydrogen-bond donors (Lipinski definition) is 2. The van der Waals surface area contributed by atoms with Gasteiger partial charge in [-0.15, -0.1) is 0 Å². The second-order valence-corrected chi connectivity index (χ2v) is 11.4. The van der Waals surface area contributed by atoms with E-state index >= 15 is 0 Å². The SMILES string of the molecule is [C-]#[N+][C@@H]1C(O)[C@H](COP(=O)(C[C@@H](C)C(=O)OC(C)C)Oc2ccccc2)O[C@@H]1n1cc(C)c(=O)[nH]c1=S. The lowest BCUT2D eigenvalue weighted by molar-refractivity contribution is -0.151. The summed E-state index contributed by atoms with van der Waals surface area (Å²) in [6.07, 6.45) is -2.58. The van der Waals surface area contributed by atoms with Crippen molar-refractivity contribution < 1.29 is 33.0 Å². The molecule has 0 amide bonds. The van der Waals surface area contributed by atoms with Crippen LogP contribution in [0.3, 0.4) is 0 Å². The Bertz CT molecular complexity index is 1310. The highest BCUT2D eigenvalue weighted by Crippen LogP contribution is 2.50. The minimum absolute atomic E-state index is 0.0265. The largest absolute Gasteiger partial charge is 0.463 e. The van der Waals surface area contributed by atoms with E-state index in [4.69, 9.17) is 37.3 Å². The van der Waals surface area contributed by atoms with E-state index in [1.165, 1.54) is 10.8 Å². The van der Waals surface area contributed by atoms with E-state index < -0.39 is 50.6 Å². The number of nitrogens with one attached hydrogen (secondary N) is 1. The highest BCUT2D eigenvalue weighted by atomic mass is 32.1. The van der Waals surface area contributed by atoms with Gasteiger partial charge in [0.25, 0.3) is 11.6 Å². The van der Waals surface area contributed by atoms with Crippen LogP contribution >= 0.6 is 19.8 Å². The van der Waals surface area contributed by atoms with E-state index in [0.717, 1.165) is 0 Å². The second kappa shape index (κ2) is 12.2. The number of aryl methyl sites for hydroxylation is 1. The molecule has 1 aliphatic rings. The Balaban J connectivity index is 1.81. The van der Waals surface area contributed by atoms with E-state index in [9.17, 15) is 19.3 Å². The maximum absolute atomic E-state index is 13.8. The van der Waals surface area contributed by atoms with Crippen LogP contribution in [-0.2, 0) is 23.4 Å². The Labute approximate surface area is 219 Å². The molecule has 13 heteroatoms. The first-order valence-electron chi connectivity index (χ1n) is 11.6. The van der Waals surface area contributed by atoms with Crippen molar-refractivity contribution >= 4 is 25.8 Å². The molecule has 0 aliphatic carbocycles. The number of esters is 1. The van der Waals surface area contributed by atoms with E-state index in [1.807, 2.05) is 0 Å². The molecule has 1 aliphatic heterocycles. The number of nitrogens with zero attached hydrogens (tertiary/aromatic N) is 2. The molecule has 1 fully saturated rings. The van der Waals surface area contributed by atoms with Crippen LogP contribution in [0.5, 0.6) is 5.75 Å². The van der Waals surface area contributed by atoms with Gasteiger partial charge < -0.3 is 23.9 Å². The van der Waals surface area contributed by atoms with Crippen LogP contribution < -0.4 is 10.1 Å². The monoisotopic (exact) mass is 551 g/mol. The molecule has 37 heavy (non-hydrogen) atoms. The van der Waals surface area contributed by atoms with Crippen molar-refractivity contribution in [3.05, 3.63) is 68.6 Å². The highest BCUT2D eigenvalue weighted by Gasteiger charge is 2.51. The predicted octanol–water partition coefficient (Wildman–Crippen LogP) is 3.64. The van der Waals surface area contributed by atoms with Gasteiger partial charge in [-0.3, -0.25) is 23.7 Å². The fraction of sp³-hybridized carbons (Fsp3) is 0.500. The second-order valence-electron chi connectivity index (χ2n) is 9.03. The molecule has 200 valence electrons. The summed E-state index contributed by atoms with van der Waals surface area (Å²) < 4.78 is 37.7. The Morgan fingerprint density at radius 2 is 2.00 bits per heavy atom. The van der Waals surface area contributed by atoms with Gasteiger partial charge in [0, 0.05) is 11.8 Å². The number of aromatic amines is 1. The van der Waals surface area contributed by atoms with Crippen LogP contribution in [0.25, 0.3) is 4.85 Å². The number of aliphatic hydroxyl groups is 1. The van der Waals surface area contributed by atoms with Gasteiger partial charge in [0.1, 0.15) is 11.9 Å². The Morgan fingerprint density at radius 1 is 1.32 bits per heavy atom. The first-order chi connectivity index (χ1) is 17.4. The molecule has 2 N–H and O–H groups in total. The fourth-order valence-corrected chi connectivity index (χ4v) is 5.83. The average molecular weight is 552 g/mol. The Kier molecular flexibility index (Phi) is 9.45. The van der Waals surface area contributed by atoms with Crippen LogP contribution in [0.4, 0.5) is 0 Å². The van der Waals surface area contributed by atoms with Crippen LogP contribution in [-0.4, -0.2) is 57.7 Å². The van der Waals surface area contributed by atoms with E-state index in [0.29, 0.717) is 5.56 Å². The lowest BCUT2D eigenvalue weighted by Gasteiger charge is -2.24. The van der Waals surface area contributed by atoms with Crippen molar-refractivity contribution in [2.45, 2.75) is 58.3 Å². The molecule has 6 atom stereocenters. The number of aromatic nitrogens is 2. The third-order valence-corrected chi connectivity index (χ3v) is 7.92. The van der Waals surface area contributed by atoms with E-state index in [1.54, 1.807) is 58.0 Å². The summed E-state index contributed by atoms with van der Waals surface area (Å²) in [6, 6.07) is 7.28. The molecule has 0 bridgehead atoms. The Hall–Kier alpha value is -2.81. The average Bonchev–Trinajstić information content (AvgIpc) is 3.15. The summed E-state index contributed by atoms with van der Waals surface area (Å²) in [5.74, 6) is -1.09. The van der Waals surface area contributed by atoms with Gasteiger partial charge in [0.2, 0.25) is 6.23 Å². The van der Waals surface area contributed by atoms with Gasteiger partial charge in [0.15, 0.2) is 10.9 Å². The summed E-state index contributed by atoms with van der Waals surface area (Å²) in [7, 11) is -3.96. The van der Waals surface area contributed by atoms with Crippen molar-refractivity contribution in [3.8, 4) is 5.75 Å². The van der Waals surface area contributed by atoms with Gasteiger partial charge in [-0.1, -0.05) is 25.1 Å². The molecule has 2 heterocycles. The topological polar surface area (TPSA) is 133 Å². The number of para-hydroxylation sites is 1. The number of H-pyrrole nitrogens is 1. The smallest absolute Gasteiger partial charge is 0.380 e. The number of rotatable bonds is 10. The number of carbonyl (C=O) groups is 1. The molecule has 0 radical (unpaired) electrons. The molecule has 1 aromatic carbocycles. The summed E-state index contributed by atoms with van der Waals surface area (Å²) >= 11 is 5.22. The minimum Gasteiger partial charge on any atom is -0.463 e. The van der Waals surface area contributed by atoms with Crippen molar-refractivity contribution in [1.82, 2.24) is 9.55 Å². The first kappa shape index (κ1) is 28.8. The molecule has 2 aromatic rings. The number of ether oxygens (including phenoxy) is 2. The molecule has 1 saturated heterocycles. The zero-order valence-electron chi connectivity index (χ0n) is 20.9. The maximum Gasteiger partial charge on any atom is 0.380 e. The molecule has 0 saturated carbocycles. The highest BCUT2D eigenvalue weighted by molar-refractivity contribution is 7.71. The van der Waals surface area contributed by atoms with Gasteiger partial charge in [0.05, 0.1) is 24.8 Å². The van der Waals surface area contributed by atoms with Gasteiger partial charge in [-0.25, -0.2) is 11.1 Å². The Morgan fingerprint density at radius 3 is 2.62 bits per heavy atom. The third kappa shape index (κ3) is 7.15. The number of hydrogen-bond acceptors (Lipinski definition) is 9. The summed E-state index contributed by atoms with van der Waals surface area (Å²) in [5.41, 5.74) is -0.0266. The zero-order valence-corrected chi connectivity index (χ0v) is 22.6. The normalized spacial score (nSPS) is 23.7. The standard InChI is InChI=1S/C24H30N3O8PS/c1-14(2)33-23(30)16(4)13-36(31,35-17-9-7-6-8-10-17)32-12-18-20(28)19(25-5)22(34-18)27-11-15(3)21(29)26-24(27)37/h6-11,14,16,18-20,22,28H,12-13H2,1-4H3,(H,26,29,37)/t16-,18+,19-,20?,22+,36?/m1/s1. The molecule has 3 rings (SSSR count). The third-order valence-electron chi connectivity index (χ3n) is 5.58. The van der Waals surface area contributed by atoms with Crippen LogP contribution in [0.1, 0.15) is 32.6 Å². The molecular formula is C24H30N3O8PS. The predicted molar refractivity (Wildman–Crippen MR) is 137 cm³/mol. The summed E-state index contributed by atoms with van der Waals surface area (Å²) in [6.45, 7) is 13.7. The van der Waals surface area contributed by atoms with E-state index in [2.05, 4.69) is 9.83 Å². The molecular weight excluding hydrogens is 521 g/mol. The summed E-state index contributed by atoms with van der Waals surface area (Å²) in [5, 5.41) is 10.8.